The zero-order valence-electron chi connectivity index (χ0n) is 9.39. The first-order valence-corrected chi connectivity index (χ1v) is 6.92. The van der Waals surface area contributed by atoms with E-state index in [4.69, 9.17) is 4.74 Å². The molecule has 17 heavy (non-hydrogen) atoms. The van der Waals surface area contributed by atoms with Crippen molar-refractivity contribution in [1.29, 1.82) is 0 Å². The minimum atomic E-state index is 0.0736. The molecule has 1 atom stereocenters. The lowest BCUT2D eigenvalue weighted by Crippen LogP contribution is -2.42. The van der Waals surface area contributed by atoms with E-state index >= 15 is 0 Å². The van der Waals surface area contributed by atoms with Gasteiger partial charge in [0.15, 0.2) is 11.5 Å². The molecule has 0 saturated carbocycles. The summed E-state index contributed by atoms with van der Waals surface area (Å²) in [4.78, 5) is 0. The van der Waals surface area contributed by atoms with Crippen LogP contribution in [0.25, 0.3) is 0 Å². The summed E-state index contributed by atoms with van der Waals surface area (Å²) in [6.45, 7) is 2.61. The van der Waals surface area contributed by atoms with Crippen LogP contribution in [0.1, 0.15) is 11.6 Å². The number of nitrogens with one attached hydrogen (secondary N) is 2. The van der Waals surface area contributed by atoms with Gasteiger partial charge in [-0.25, -0.2) is 0 Å². The molecule has 2 rings (SSSR count). The van der Waals surface area contributed by atoms with Crippen molar-refractivity contribution >= 4 is 31.9 Å². The Labute approximate surface area is 117 Å². The SMILES string of the molecule is COc1cc(Br)c(Br)c([C@@H]2CNCCN2)c1O. The molecular weight excluding hydrogens is 352 g/mol. The number of methoxy groups -OCH3 is 1. The number of benzene rings is 1. The Morgan fingerprint density at radius 1 is 1.41 bits per heavy atom. The molecule has 0 radical (unpaired) electrons. The van der Waals surface area contributed by atoms with Gasteiger partial charge in [-0.2, -0.15) is 0 Å². The quantitative estimate of drug-likeness (QED) is 0.751. The highest BCUT2D eigenvalue weighted by Crippen LogP contribution is 2.43. The predicted molar refractivity (Wildman–Crippen MR) is 73.7 cm³/mol. The Kier molecular flexibility index (Phi) is 4.30. The fourth-order valence-electron chi connectivity index (χ4n) is 1.94. The Morgan fingerprint density at radius 2 is 2.18 bits per heavy atom. The van der Waals surface area contributed by atoms with Gasteiger partial charge in [0.1, 0.15) is 0 Å². The van der Waals surface area contributed by atoms with Crippen LogP contribution in [-0.4, -0.2) is 31.9 Å². The van der Waals surface area contributed by atoms with Crippen molar-refractivity contribution < 1.29 is 9.84 Å². The van der Waals surface area contributed by atoms with Crippen molar-refractivity contribution in [1.82, 2.24) is 10.6 Å². The normalized spacial score (nSPS) is 20.3. The molecule has 3 N–H and O–H groups in total. The smallest absolute Gasteiger partial charge is 0.163 e. The molecule has 1 fully saturated rings. The maximum Gasteiger partial charge on any atom is 0.163 e. The molecule has 0 amide bonds. The first-order chi connectivity index (χ1) is 8.15. The van der Waals surface area contributed by atoms with E-state index in [1.165, 1.54) is 0 Å². The molecule has 6 heteroatoms. The van der Waals surface area contributed by atoms with Crippen molar-refractivity contribution in [2.24, 2.45) is 0 Å². The number of phenols is 1. The van der Waals surface area contributed by atoms with Gasteiger partial charge in [-0.1, -0.05) is 0 Å². The number of ether oxygens (including phenoxy) is 1. The second-order valence-electron chi connectivity index (χ2n) is 3.85. The van der Waals surface area contributed by atoms with E-state index in [9.17, 15) is 5.11 Å². The van der Waals surface area contributed by atoms with Crippen molar-refractivity contribution in [2.45, 2.75) is 6.04 Å². The molecule has 1 aliphatic heterocycles. The molecule has 94 valence electrons. The largest absolute Gasteiger partial charge is 0.504 e. The summed E-state index contributed by atoms with van der Waals surface area (Å²) in [7, 11) is 1.55. The number of piperazine rings is 1. The molecule has 4 nitrogen and oxygen atoms in total. The molecule has 1 aromatic rings. The number of aromatic hydroxyl groups is 1. The van der Waals surface area contributed by atoms with E-state index in [1.807, 2.05) is 0 Å². The summed E-state index contributed by atoms with van der Waals surface area (Å²) < 4.78 is 6.89. The highest BCUT2D eigenvalue weighted by molar-refractivity contribution is 9.13. The van der Waals surface area contributed by atoms with Crippen LogP contribution in [0.5, 0.6) is 11.5 Å². The Bertz CT molecular complexity index is 420. The lowest BCUT2D eigenvalue weighted by Gasteiger charge is -2.27. The van der Waals surface area contributed by atoms with Crippen LogP contribution in [0.4, 0.5) is 0 Å². The number of rotatable bonds is 2. The monoisotopic (exact) mass is 364 g/mol. The van der Waals surface area contributed by atoms with Gasteiger partial charge in [0.25, 0.3) is 0 Å². The van der Waals surface area contributed by atoms with E-state index in [-0.39, 0.29) is 11.8 Å². The first kappa shape index (κ1) is 13.1. The van der Waals surface area contributed by atoms with Gasteiger partial charge < -0.3 is 20.5 Å². The molecular formula is C11H14Br2N2O2. The molecule has 0 aromatic heterocycles. The fraction of sp³-hybridized carbons (Fsp3) is 0.455. The average molecular weight is 366 g/mol. The number of hydrogen-bond acceptors (Lipinski definition) is 4. The molecule has 0 aliphatic carbocycles. The van der Waals surface area contributed by atoms with Gasteiger partial charge in [0, 0.05) is 40.2 Å². The lowest BCUT2D eigenvalue weighted by molar-refractivity contribution is 0.357. The van der Waals surface area contributed by atoms with Crippen LogP contribution in [-0.2, 0) is 0 Å². The van der Waals surface area contributed by atoms with Crippen LogP contribution in [0.2, 0.25) is 0 Å². The van der Waals surface area contributed by atoms with Crippen molar-refractivity contribution in [3.8, 4) is 11.5 Å². The maximum atomic E-state index is 10.2. The van der Waals surface area contributed by atoms with Crippen LogP contribution in [0.3, 0.4) is 0 Å². The van der Waals surface area contributed by atoms with E-state index in [1.54, 1.807) is 13.2 Å². The van der Waals surface area contributed by atoms with E-state index in [0.717, 1.165) is 34.1 Å². The van der Waals surface area contributed by atoms with Gasteiger partial charge in [-0.05, 0) is 37.9 Å². The van der Waals surface area contributed by atoms with E-state index < -0.39 is 0 Å². The fourth-order valence-corrected chi connectivity index (χ4v) is 2.94. The number of hydrogen-bond donors (Lipinski definition) is 3. The second kappa shape index (κ2) is 5.56. The van der Waals surface area contributed by atoms with Crippen LogP contribution >= 0.6 is 31.9 Å². The Morgan fingerprint density at radius 3 is 2.76 bits per heavy atom. The lowest BCUT2D eigenvalue weighted by atomic mass is 10.0. The van der Waals surface area contributed by atoms with Crippen LogP contribution in [0.15, 0.2) is 15.0 Å². The van der Waals surface area contributed by atoms with Gasteiger partial charge >= 0.3 is 0 Å². The molecule has 1 saturated heterocycles. The van der Waals surface area contributed by atoms with Gasteiger partial charge in [-0.3, -0.25) is 0 Å². The summed E-state index contributed by atoms with van der Waals surface area (Å²) in [5.41, 5.74) is 0.823. The molecule has 0 bridgehead atoms. The van der Waals surface area contributed by atoms with Crippen LogP contribution < -0.4 is 15.4 Å². The predicted octanol–water partition coefficient (Wildman–Crippen LogP) is 2.16. The third-order valence-electron chi connectivity index (χ3n) is 2.80. The molecule has 1 aromatic carbocycles. The minimum Gasteiger partial charge on any atom is -0.504 e. The molecule has 0 spiro atoms. The summed E-state index contributed by atoms with van der Waals surface area (Å²) in [5.74, 6) is 0.659. The maximum absolute atomic E-state index is 10.2. The van der Waals surface area contributed by atoms with Crippen molar-refractivity contribution in [3.05, 3.63) is 20.6 Å². The van der Waals surface area contributed by atoms with Gasteiger partial charge in [0.2, 0.25) is 0 Å². The summed E-state index contributed by atoms with van der Waals surface area (Å²) >= 11 is 6.95. The van der Waals surface area contributed by atoms with Crippen LogP contribution in [0, 0.1) is 0 Å². The second-order valence-corrected chi connectivity index (χ2v) is 5.50. The molecule has 1 aliphatic rings. The van der Waals surface area contributed by atoms with Crippen molar-refractivity contribution in [2.75, 3.05) is 26.7 Å². The summed E-state index contributed by atoms with van der Waals surface area (Å²) in [6, 6.07) is 1.82. The van der Waals surface area contributed by atoms with E-state index in [0.29, 0.717) is 5.75 Å². The zero-order valence-corrected chi connectivity index (χ0v) is 12.6. The molecule has 0 unspecified atom stereocenters. The Hall–Kier alpha value is -0.300. The third-order valence-corrected chi connectivity index (χ3v) is 4.81. The Balaban J connectivity index is 2.46. The molecule has 1 heterocycles. The minimum absolute atomic E-state index is 0.0736. The standard InChI is InChI=1S/C11H14Br2N2O2/c1-17-8-4-6(12)10(13)9(11(8)16)7-5-14-2-3-15-7/h4,7,14-16H,2-3,5H2,1H3/t7-/m0/s1. The van der Waals surface area contributed by atoms with E-state index in [2.05, 4.69) is 42.5 Å². The topological polar surface area (TPSA) is 53.5 Å². The highest BCUT2D eigenvalue weighted by atomic mass is 79.9. The van der Waals surface area contributed by atoms with Gasteiger partial charge in [-0.15, -0.1) is 0 Å². The third kappa shape index (κ3) is 2.59. The highest BCUT2D eigenvalue weighted by Gasteiger charge is 2.24. The van der Waals surface area contributed by atoms with Crippen molar-refractivity contribution in [3.63, 3.8) is 0 Å². The summed E-state index contributed by atoms with van der Waals surface area (Å²) in [6.07, 6.45) is 0. The first-order valence-electron chi connectivity index (χ1n) is 5.34. The van der Waals surface area contributed by atoms with Gasteiger partial charge in [0.05, 0.1) is 7.11 Å². The number of phenolic OH excluding ortho intramolecular Hbond substituents is 1. The number of halogens is 2. The zero-order chi connectivity index (χ0) is 12.4. The summed E-state index contributed by atoms with van der Waals surface area (Å²) in [5, 5.41) is 16.9. The average Bonchev–Trinajstić information content (AvgIpc) is 2.35.